The highest BCUT2D eigenvalue weighted by atomic mass is 32.1. The zero-order valence-electron chi connectivity index (χ0n) is 12.3. The molecule has 8 heteroatoms. The number of fused-ring (bicyclic) bond motifs is 1. The third-order valence-corrected chi connectivity index (χ3v) is 4.35. The van der Waals surface area contributed by atoms with Crippen LogP contribution in [0.4, 0.5) is 0 Å². The van der Waals surface area contributed by atoms with E-state index in [0.717, 1.165) is 9.57 Å². The molecule has 1 atom stereocenters. The minimum atomic E-state index is -0.606. The average molecular weight is 330 g/mol. The number of H-pyrrole nitrogens is 1. The van der Waals surface area contributed by atoms with Crippen LogP contribution in [-0.2, 0) is 11.3 Å². The number of amides is 1. The van der Waals surface area contributed by atoms with Crippen LogP contribution in [0.3, 0.4) is 0 Å². The molecule has 23 heavy (non-hydrogen) atoms. The summed E-state index contributed by atoms with van der Waals surface area (Å²) in [5.74, 6) is -0.421. The van der Waals surface area contributed by atoms with E-state index in [2.05, 4.69) is 15.3 Å². The third kappa shape index (κ3) is 3.07. The Morgan fingerprint density at radius 1 is 1.39 bits per heavy atom. The Morgan fingerprint density at radius 2 is 2.17 bits per heavy atom. The summed E-state index contributed by atoms with van der Waals surface area (Å²) in [5, 5.41) is 5.68. The summed E-state index contributed by atoms with van der Waals surface area (Å²) < 4.78 is 0.895. The molecule has 0 fully saturated rings. The smallest absolute Gasteiger partial charge is 0.329 e. The minimum absolute atomic E-state index is 0.280. The molecule has 0 aliphatic heterocycles. The van der Waals surface area contributed by atoms with Crippen LogP contribution in [0.25, 0.3) is 10.9 Å². The number of hydrogen-bond acceptors (Lipinski definition) is 5. The Bertz CT molecular complexity index is 959. The molecule has 0 bridgehead atoms. The van der Waals surface area contributed by atoms with Crippen LogP contribution < -0.4 is 16.6 Å². The maximum Gasteiger partial charge on any atom is 0.329 e. The number of nitrogens with zero attached hydrogens (tertiary/aromatic N) is 2. The summed E-state index contributed by atoms with van der Waals surface area (Å²) in [7, 11) is 0. The standard InChI is InChI=1S/C15H14N4O3S/c1-9(13-16-6-7-23-13)17-12(20)8-19-14(21)10-4-2-3-5-11(10)18-15(19)22/h2-7,9H,8H2,1H3,(H,17,20)(H,18,22). The maximum absolute atomic E-state index is 12.4. The Kier molecular flexibility index (Phi) is 4.07. The Morgan fingerprint density at radius 3 is 2.91 bits per heavy atom. The first-order valence-corrected chi connectivity index (χ1v) is 7.85. The quantitative estimate of drug-likeness (QED) is 0.746. The number of carbonyl (C=O) groups is 1. The zero-order valence-corrected chi connectivity index (χ0v) is 13.1. The van der Waals surface area contributed by atoms with Crippen molar-refractivity contribution in [2.24, 2.45) is 0 Å². The molecular weight excluding hydrogens is 316 g/mol. The van der Waals surface area contributed by atoms with E-state index in [4.69, 9.17) is 0 Å². The lowest BCUT2D eigenvalue weighted by Gasteiger charge is -2.12. The van der Waals surface area contributed by atoms with Crippen LogP contribution in [0.2, 0.25) is 0 Å². The zero-order chi connectivity index (χ0) is 16.4. The monoisotopic (exact) mass is 330 g/mol. The van der Waals surface area contributed by atoms with Crippen molar-refractivity contribution < 1.29 is 4.79 Å². The van der Waals surface area contributed by atoms with Crippen LogP contribution in [0.5, 0.6) is 0 Å². The van der Waals surface area contributed by atoms with Gasteiger partial charge in [-0.1, -0.05) is 12.1 Å². The highest BCUT2D eigenvalue weighted by Gasteiger charge is 2.15. The normalized spacial score (nSPS) is 12.2. The van der Waals surface area contributed by atoms with E-state index >= 15 is 0 Å². The van der Waals surface area contributed by atoms with Gasteiger partial charge in [-0.05, 0) is 19.1 Å². The lowest BCUT2D eigenvalue weighted by atomic mass is 10.2. The number of para-hydroxylation sites is 1. The van der Waals surface area contributed by atoms with E-state index in [0.29, 0.717) is 10.9 Å². The topological polar surface area (TPSA) is 96.9 Å². The van der Waals surface area contributed by atoms with Crippen molar-refractivity contribution >= 4 is 28.1 Å². The molecule has 1 unspecified atom stereocenters. The van der Waals surface area contributed by atoms with Gasteiger partial charge in [-0.3, -0.25) is 14.2 Å². The fourth-order valence-electron chi connectivity index (χ4n) is 2.28. The molecule has 0 saturated carbocycles. The summed E-state index contributed by atoms with van der Waals surface area (Å²) in [6.45, 7) is 1.46. The number of benzene rings is 1. The van der Waals surface area contributed by atoms with Crippen LogP contribution >= 0.6 is 11.3 Å². The molecular formula is C15H14N4O3S. The molecule has 2 aromatic heterocycles. The van der Waals surface area contributed by atoms with Crippen molar-refractivity contribution in [3.05, 3.63) is 61.7 Å². The number of thiazole rings is 1. The number of hydrogen-bond donors (Lipinski definition) is 2. The van der Waals surface area contributed by atoms with E-state index in [1.807, 2.05) is 5.38 Å². The van der Waals surface area contributed by atoms with Crippen molar-refractivity contribution in [2.45, 2.75) is 19.5 Å². The fourth-order valence-corrected chi connectivity index (χ4v) is 2.93. The van der Waals surface area contributed by atoms with Crippen LogP contribution in [-0.4, -0.2) is 20.4 Å². The lowest BCUT2D eigenvalue weighted by molar-refractivity contribution is -0.122. The summed E-state index contributed by atoms with van der Waals surface area (Å²) in [5.41, 5.74) is -0.637. The first kappa shape index (κ1) is 15.2. The summed E-state index contributed by atoms with van der Waals surface area (Å²) in [6, 6.07) is 6.41. The predicted octanol–water partition coefficient (Wildman–Crippen LogP) is 1.02. The molecule has 1 amide bonds. The molecule has 7 nitrogen and oxygen atoms in total. The molecule has 2 N–H and O–H groups in total. The first-order chi connectivity index (χ1) is 11.1. The highest BCUT2D eigenvalue weighted by molar-refractivity contribution is 7.09. The molecule has 0 spiro atoms. The number of nitrogens with one attached hydrogen (secondary N) is 2. The molecule has 0 aliphatic rings. The molecule has 0 radical (unpaired) electrons. The van der Waals surface area contributed by atoms with Gasteiger partial charge < -0.3 is 10.3 Å². The summed E-state index contributed by atoms with van der Waals surface area (Å²) >= 11 is 1.43. The van der Waals surface area contributed by atoms with Crippen LogP contribution in [0.1, 0.15) is 18.0 Å². The third-order valence-electron chi connectivity index (χ3n) is 3.39. The minimum Gasteiger partial charge on any atom is -0.346 e. The van der Waals surface area contributed by atoms with Gasteiger partial charge in [-0.15, -0.1) is 11.3 Å². The van der Waals surface area contributed by atoms with Crippen molar-refractivity contribution in [3.8, 4) is 0 Å². The highest BCUT2D eigenvalue weighted by Crippen LogP contribution is 2.14. The van der Waals surface area contributed by atoms with Gasteiger partial charge in [0.15, 0.2) is 0 Å². The number of aromatic amines is 1. The van der Waals surface area contributed by atoms with Crippen molar-refractivity contribution in [2.75, 3.05) is 0 Å². The molecule has 118 valence electrons. The molecule has 3 rings (SSSR count). The largest absolute Gasteiger partial charge is 0.346 e. The predicted molar refractivity (Wildman–Crippen MR) is 87.5 cm³/mol. The van der Waals surface area contributed by atoms with E-state index in [1.165, 1.54) is 11.3 Å². The van der Waals surface area contributed by atoms with Gasteiger partial charge in [0.05, 0.1) is 16.9 Å². The second kappa shape index (κ2) is 6.17. The number of aromatic nitrogens is 3. The van der Waals surface area contributed by atoms with Crippen LogP contribution in [0.15, 0.2) is 45.4 Å². The van der Waals surface area contributed by atoms with Crippen molar-refractivity contribution in [1.82, 2.24) is 19.9 Å². The second-order valence-electron chi connectivity index (χ2n) is 5.03. The summed E-state index contributed by atoms with van der Waals surface area (Å²) in [6.07, 6.45) is 1.65. The molecule has 0 saturated heterocycles. The molecule has 2 heterocycles. The number of rotatable bonds is 4. The van der Waals surface area contributed by atoms with Gasteiger partial charge in [0.2, 0.25) is 5.91 Å². The Hall–Kier alpha value is -2.74. The van der Waals surface area contributed by atoms with Gasteiger partial charge in [-0.25, -0.2) is 9.78 Å². The van der Waals surface area contributed by atoms with Gasteiger partial charge in [0.25, 0.3) is 5.56 Å². The van der Waals surface area contributed by atoms with Crippen molar-refractivity contribution in [3.63, 3.8) is 0 Å². The van der Waals surface area contributed by atoms with E-state index in [9.17, 15) is 14.4 Å². The van der Waals surface area contributed by atoms with E-state index in [1.54, 1.807) is 37.4 Å². The van der Waals surface area contributed by atoms with Crippen LogP contribution in [0, 0.1) is 0 Å². The molecule has 3 aromatic rings. The average Bonchev–Trinajstić information content (AvgIpc) is 3.06. The second-order valence-corrected chi connectivity index (χ2v) is 5.95. The SMILES string of the molecule is CC(NC(=O)Cn1c(=O)[nH]c2ccccc2c1=O)c1nccs1. The summed E-state index contributed by atoms with van der Waals surface area (Å²) in [4.78, 5) is 43.2. The Balaban J connectivity index is 1.85. The molecule has 0 aliphatic carbocycles. The van der Waals surface area contributed by atoms with E-state index in [-0.39, 0.29) is 12.6 Å². The fraction of sp³-hybridized carbons (Fsp3) is 0.200. The van der Waals surface area contributed by atoms with E-state index < -0.39 is 17.2 Å². The maximum atomic E-state index is 12.4. The van der Waals surface area contributed by atoms with Gasteiger partial charge >= 0.3 is 5.69 Å². The molecule has 1 aromatic carbocycles. The van der Waals surface area contributed by atoms with Gasteiger partial charge in [0, 0.05) is 11.6 Å². The number of carbonyl (C=O) groups excluding carboxylic acids is 1. The Labute approximate surface area is 134 Å². The van der Waals surface area contributed by atoms with Crippen molar-refractivity contribution in [1.29, 1.82) is 0 Å². The lowest BCUT2D eigenvalue weighted by Crippen LogP contribution is -2.41. The van der Waals surface area contributed by atoms with Gasteiger partial charge in [0.1, 0.15) is 11.6 Å². The van der Waals surface area contributed by atoms with Gasteiger partial charge in [-0.2, -0.15) is 0 Å². The first-order valence-electron chi connectivity index (χ1n) is 6.97.